The van der Waals surface area contributed by atoms with Crippen molar-refractivity contribution in [3.63, 3.8) is 0 Å². The first-order valence-corrected chi connectivity index (χ1v) is 11.8. The third kappa shape index (κ3) is 3.83. The van der Waals surface area contributed by atoms with E-state index in [1.807, 2.05) is 25.1 Å². The van der Waals surface area contributed by atoms with E-state index >= 15 is 0 Å². The normalized spacial score (nSPS) is 22.8. The fourth-order valence-corrected chi connectivity index (χ4v) is 5.43. The second-order valence-corrected chi connectivity index (χ2v) is 9.54. The van der Waals surface area contributed by atoms with Crippen molar-refractivity contribution in [2.75, 3.05) is 17.3 Å². The highest BCUT2D eigenvalue weighted by molar-refractivity contribution is 7.80. The maximum absolute atomic E-state index is 13.8. The second kappa shape index (κ2) is 8.65. The minimum absolute atomic E-state index is 0.231. The van der Waals surface area contributed by atoms with Gasteiger partial charge in [0, 0.05) is 27.0 Å². The lowest BCUT2D eigenvalue weighted by atomic mass is 9.78. The number of ether oxygens (including phenoxy) is 2. The number of hydrogen-bond acceptors (Lipinski definition) is 4. The van der Waals surface area contributed by atoms with Gasteiger partial charge in [0.15, 0.2) is 10.8 Å². The standard InChI is InChI=1S/C25H21Cl2N3O3S/c1-25-21(23(31)28-16-7-9-18(32-2)10-8-16)22(19-13-15(27)6-11-20(19)33-25)29-24(34)30(25)17-5-3-4-14(26)12-17/h3-13,21-22H,1-2H3,(H,28,31)(H,29,34)/t21-,22+,25+/m1/s1. The Balaban J connectivity index is 1.60. The van der Waals surface area contributed by atoms with E-state index in [0.717, 1.165) is 5.56 Å². The Kier molecular flexibility index (Phi) is 5.80. The van der Waals surface area contributed by atoms with Crippen LogP contribution in [0.2, 0.25) is 10.0 Å². The van der Waals surface area contributed by atoms with Gasteiger partial charge in [-0.15, -0.1) is 0 Å². The molecule has 0 radical (unpaired) electrons. The SMILES string of the molecule is COc1ccc(NC(=O)[C@H]2[C@H]3NC(=S)N(c4cccc(Cl)c4)[C@@]2(C)Oc2ccc(Cl)cc23)cc1. The quantitative estimate of drug-likeness (QED) is 0.429. The van der Waals surface area contributed by atoms with Gasteiger partial charge in [-0.05, 0) is 79.8 Å². The lowest BCUT2D eigenvalue weighted by molar-refractivity contribution is -0.130. The van der Waals surface area contributed by atoms with Crippen LogP contribution in [-0.2, 0) is 4.79 Å². The minimum atomic E-state index is -1.14. The number of methoxy groups -OCH3 is 1. The zero-order valence-corrected chi connectivity index (χ0v) is 20.7. The number of nitrogens with zero attached hydrogens (tertiary/aromatic N) is 1. The van der Waals surface area contributed by atoms with E-state index in [-0.39, 0.29) is 5.91 Å². The topological polar surface area (TPSA) is 62.8 Å². The number of benzene rings is 3. The van der Waals surface area contributed by atoms with Gasteiger partial charge in [-0.3, -0.25) is 9.69 Å². The number of carbonyl (C=O) groups is 1. The lowest BCUT2D eigenvalue weighted by Crippen LogP contribution is -2.72. The van der Waals surface area contributed by atoms with Crippen LogP contribution in [0.1, 0.15) is 18.5 Å². The Labute approximate surface area is 212 Å². The van der Waals surface area contributed by atoms with Gasteiger partial charge in [-0.2, -0.15) is 0 Å². The second-order valence-electron chi connectivity index (χ2n) is 8.28. The predicted octanol–water partition coefficient (Wildman–Crippen LogP) is 5.80. The molecule has 3 aromatic carbocycles. The molecule has 0 aliphatic carbocycles. The zero-order chi connectivity index (χ0) is 24.0. The fraction of sp³-hybridized carbons (Fsp3) is 0.200. The molecule has 174 valence electrons. The summed E-state index contributed by atoms with van der Waals surface area (Å²) in [5.74, 6) is 0.412. The molecule has 2 bridgehead atoms. The molecule has 6 nitrogen and oxygen atoms in total. The van der Waals surface area contributed by atoms with Gasteiger partial charge in [-0.25, -0.2) is 0 Å². The van der Waals surface area contributed by atoms with Crippen LogP contribution in [0, 0.1) is 5.92 Å². The first-order chi connectivity index (χ1) is 16.3. The van der Waals surface area contributed by atoms with Crippen molar-refractivity contribution in [2.45, 2.75) is 18.7 Å². The summed E-state index contributed by atoms with van der Waals surface area (Å²) in [7, 11) is 1.59. The minimum Gasteiger partial charge on any atom is -0.497 e. The maximum atomic E-state index is 13.8. The van der Waals surface area contributed by atoms with Gasteiger partial charge in [0.2, 0.25) is 5.91 Å². The number of amides is 1. The van der Waals surface area contributed by atoms with Crippen molar-refractivity contribution in [3.8, 4) is 11.5 Å². The number of fused-ring (bicyclic) bond motifs is 4. The Morgan fingerprint density at radius 3 is 2.56 bits per heavy atom. The van der Waals surface area contributed by atoms with Crippen LogP contribution in [-0.4, -0.2) is 23.9 Å². The number of anilines is 2. The van der Waals surface area contributed by atoms with Crippen molar-refractivity contribution in [1.82, 2.24) is 5.32 Å². The maximum Gasteiger partial charge on any atom is 0.236 e. The van der Waals surface area contributed by atoms with Crippen LogP contribution in [0.4, 0.5) is 11.4 Å². The zero-order valence-electron chi connectivity index (χ0n) is 18.3. The third-order valence-corrected chi connectivity index (χ3v) is 6.94. The molecule has 0 saturated carbocycles. The monoisotopic (exact) mass is 513 g/mol. The Morgan fingerprint density at radius 2 is 1.85 bits per heavy atom. The number of carbonyl (C=O) groups excluding carboxylic acids is 1. The van der Waals surface area contributed by atoms with Crippen molar-refractivity contribution in [2.24, 2.45) is 5.92 Å². The third-order valence-electron chi connectivity index (χ3n) is 6.17. The molecule has 0 spiro atoms. The Morgan fingerprint density at radius 1 is 1.12 bits per heavy atom. The van der Waals surface area contributed by atoms with Crippen LogP contribution in [0.3, 0.4) is 0 Å². The van der Waals surface area contributed by atoms with E-state index in [1.165, 1.54) is 0 Å². The molecule has 2 N–H and O–H groups in total. The van der Waals surface area contributed by atoms with Gasteiger partial charge in [0.1, 0.15) is 17.4 Å². The van der Waals surface area contributed by atoms with Crippen molar-refractivity contribution in [1.29, 1.82) is 0 Å². The summed E-state index contributed by atoms with van der Waals surface area (Å²) < 4.78 is 11.8. The molecule has 9 heteroatoms. The molecule has 2 heterocycles. The van der Waals surface area contributed by atoms with Crippen molar-refractivity contribution in [3.05, 3.63) is 82.3 Å². The van der Waals surface area contributed by atoms with E-state index in [2.05, 4.69) is 10.6 Å². The molecule has 0 aromatic heterocycles. The van der Waals surface area contributed by atoms with E-state index in [1.54, 1.807) is 60.5 Å². The number of halogens is 2. The van der Waals surface area contributed by atoms with E-state index in [4.69, 9.17) is 44.9 Å². The van der Waals surface area contributed by atoms with Crippen LogP contribution < -0.4 is 25.0 Å². The van der Waals surface area contributed by atoms with E-state index in [9.17, 15) is 4.79 Å². The van der Waals surface area contributed by atoms with Gasteiger partial charge < -0.3 is 20.1 Å². The molecular weight excluding hydrogens is 493 g/mol. The van der Waals surface area contributed by atoms with Crippen LogP contribution in [0.15, 0.2) is 66.7 Å². The summed E-state index contributed by atoms with van der Waals surface area (Å²) in [4.78, 5) is 15.6. The number of hydrogen-bond donors (Lipinski definition) is 2. The average Bonchev–Trinajstić information content (AvgIpc) is 2.79. The van der Waals surface area contributed by atoms with Crippen molar-refractivity contribution < 1.29 is 14.3 Å². The number of thiocarbonyl (C=S) groups is 1. The molecular formula is C25H21Cl2N3O3S. The highest BCUT2D eigenvalue weighted by Crippen LogP contribution is 2.50. The van der Waals surface area contributed by atoms with Crippen LogP contribution in [0.5, 0.6) is 11.5 Å². The lowest BCUT2D eigenvalue weighted by Gasteiger charge is -2.56. The van der Waals surface area contributed by atoms with E-state index < -0.39 is 17.7 Å². The highest BCUT2D eigenvalue weighted by Gasteiger charge is 2.59. The number of nitrogens with one attached hydrogen (secondary N) is 2. The van der Waals surface area contributed by atoms with Crippen molar-refractivity contribution >= 4 is 57.8 Å². The Bertz CT molecular complexity index is 1290. The first kappa shape index (κ1) is 22.8. The molecule has 34 heavy (non-hydrogen) atoms. The largest absolute Gasteiger partial charge is 0.497 e. The summed E-state index contributed by atoms with van der Waals surface area (Å²) in [6, 6.07) is 19.4. The molecule has 1 amide bonds. The first-order valence-electron chi connectivity index (χ1n) is 10.6. The van der Waals surface area contributed by atoms with E-state index in [0.29, 0.717) is 38.0 Å². The molecule has 3 aromatic rings. The summed E-state index contributed by atoms with van der Waals surface area (Å²) in [5, 5.41) is 7.89. The molecule has 3 atom stereocenters. The Hall–Kier alpha value is -3.00. The van der Waals surface area contributed by atoms with Gasteiger partial charge in [-0.1, -0.05) is 29.3 Å². The fourth-order valence-electron chi connectivity index (χ4n) is 4.65. The average molecular weight is 514 g/mol. The predicted molar refractivity (Wildman–Crippen MR) is 138 cm³/mol. The van der Waals surface area contributed by atoms with Crippen LogP contribution in [0.25, 0.3) is 0 Å². The molecule has 1 saturated heterocycles. The van der Waals surface area contributed by atoms with Gasteiger partial charge in [0.05, 0.1) is 13.2 Å². The number of rotatable bonds is 4. The molecule has 0 unspecified atom stereocenters. The summed E-state index contributed by atoms with van der Waals surface area (Å²) in [6.45, 7) is 1.86. The highest BCUT2D eigenvalue weighted by atomic mass is 35.5. The molecule has 5 rings (SSSR count). The van der Waals surface area contributed by atoms with Crippen LogP contribution >= 0.6 is 35.4 Å². The molecule has 1 fully saturated rings. The molecule has 2 aliphatic heterocycles. The summed E-state index contributed by atoms with van der Waals surface area (Å²) in [5.41, 5.74) is 0.981. The summed E-state index contributed by atoms with van der Waals surface area (Å²) in [6.07, 6.45) is 0. The smallest absolute Gasteiger partial charge is 0.236 e. The summed E-state index contributed by atoms with van der Waals surface area (Å²) >= 11 is 18.3. The van der Waals surface area contributed by atoms with Gasteiger partial charge in [0.25, 0.3) is 0 Å². The van der Waals surface area contributed by atoms with Gasteiger partial charge >= 0.3 is 0 Å². The molecule has 2 aliphatic rings.